The van der Waals surface area contributed by atoms with Crippen molar-refractivity contribution in [1.82, 2.24) is 0 Å². The molecule has 8 aliphatic rings. The highest BCUT2D eigenvalue weighted by molar-refractivity contribution is 7.71. The molecule has 8 bridgehead atoms. The first-order valence-corrected chi connectivity index (χ1v) is 12.9. The maximum absolute atomic E-state index is 13.9. The van der Waals surface area contributed by atoms with Crippen molar-refractivity contribution in [3.8, 4) is 0 Å². The van der Waals surface area contributed by atoms with Gasteiger partial charge in [-0.2, -0.15) is 0 Å². The third kappa shape index (κ3) is 2.84. The molecule has 0 amide bonds. The van der Waals surface area contributed by atoms with Gasteiger partial charge in [-0.3, -0.25) is 18.4 Å². The van der Waals surface area contributed by atoms with Crippen molar-refractivity contribution >= 4 is 13.1 Å². The Balaban J connectivity index is 1.28. The van der Waals surface area contributed by atoms with Crippen LogP contribution in [0.4, 0.5) is 0 Å². The van der Waals surface area contributed by atoms with Crippen molar-refractivity contribution in [3.63, 3.8) is 0 Å². The van der Waals surface area contributed by atoms with E-state index in [1.807, 2.05) is 0 Å². The molecule has 150 valence electrons. The van der Waals surface area contributed by atoms with E-state index in [-0.39, 0.29) is 16.7 Å². The molecule has 0 unspecified atom stereocenters. The number of rotatable bonds is 5. The minimum absolute atomic E-state index is 0.349. The van der Waals surface area contributed by atoms with Gasteiger partial charge in [0.05, 0.1) is 11.2 Å². The minimum Gasteiger partial charge on any atom is -0.296 e. The molecule has 8 fully saturated rings. The molecule has 0 heterocycles. The Kier molecular flexibility index (Phi) is 3.73. The topological polar surface area (TPSA) is 52.6 Å². The summed E-state index contributed by atoms with van der Waals surface area (Å²) in [6.45, 7) is 1.43. The van der Waals surface area contributed by atoms with Gasteiger partial charge in [0.2, 0.25) is 5.52 Å². The normalized spacial score (nSPS) is 54.3. The molecule has 8 rings (SSSR count). The molecule has 0 aromatic heterocycles. The lowest BCUT2D eigenvalue weighted by atomic mass is 9.54. The molecule has 8 saturated carbocycles. The number of carbonyl (C=O) groups excluding carboxylic acids is 1. The summed E-state index contributed by atoms with van der Waals surface area (Å²) < 4.78 is 26.7. The van der Waals surface area contributed by atoms with E-state index in [2.05, 4.69) is 0 Å². The lowest BCUT2D eigenvalue weighted by Gasteiger charge is -2.58. The Morgan fingerprint density at radius 2 is 0.926 bits per heavy atom. The van der Waals surface area contributed by atoms with Crippen molar-refractivity contribution in [2.75, 3.05) is 0 Å². The van der Waals surface area contributed by atoms with Crippen molar-refractivity contribution in [3.05, 3.63) is 0 Å². The largest absolute Gasteiger partial charge is 0.397 e. The summed E-state index contributed by atoms with van der Waals surface area (Å²) in [5.74, 6) is 4.23. The Morgan fingerprint density at radius 1 is 0.667 bits per heavy atom. The van der Waals surface area contributed by atoms with E-state index >= 15 is 0 Å². The molecular formula is C22H33O4P. The van der Waals surface area contributed by atoms with E-state index in [4.69, 9.17) is 9.05 Å². The van der Waals surface area contributed by atoms with Gasteiger partial charge in [0.15, 0.2) is 0 Å². The van der Waals surface area contributed by atoms with Gasteiger partial charge in [0.1, 0.15) is 0 Å². The van der Waals surface area contributed by atoms with Gasteiger partial charge in [-0.25, -0.2) is 0 Å². The van der Waals surface area contributed by atoms with Crippen LogP contribution < -0.4 is 0 Å². The third-order valence-electron chi connectivity index (χ3n) is 8.98. The van der Waals surface area contributed by atoms with Gasteiger partial charge >= 0.3 is 7.60 Å². The standard InChI is InChI=1S/C22H33O4P/c1-14(23)27(24,25-21-8-15-2-16(9-21)4-17(3-15)10-21)26-22-11-18-5-19(12-22)7-20(6-18)13-22/h15-20H,2-13H2,1H3. The molecule has 27 heavy (non-hydrogen) atoms. The average molecular weight is 392 g/mol. The van der Waals surface area contributed by atoms with E-state index in [1.165, 1.54) is 45.4 Å². The summed E-state index contributed by atoms with van der Waals surface area (Å²) in [4.78, 5) is 12.6. The molecule has 0 atom stereocenters. The van der Waals surface area contributed by atoms with Crippen molar-refractivity contribution < 1.29 is 18.4 Å². The van der Waals surface area contributed by atoms with Gasteiger partial charge in [0, 0.05) is 6.92 Å². The Bertz CT molecular complexity index is 593. The second kappa shape index (κ2) is 5.70. The van der Waals surface area contributed by atoms with Crippen molar-refractivity contribution in [2.45, 2.75) is 95.2 Å². The van der Waals surface area contributed by atoms with Crippen LogP contribution in [0.3, 0.4) is 0 Å². The van der Waals surface area contributed by atoms with E-state index in [9.17, 15) is 9.36 Å². The van der Waals surface area contributed by atoms with E-state index in [0.717, 1.165) is 38.5 Å². The quantitative estimate of drug-likeness (QED) is 0.564. The van der Waals surface area contributed by atoms with Crippen molar-refractivity contribution in [2.24, 2.45) is 35.5 Å². The first kappa shape index (κ1) is 17.7. The summed E-state index contributed by atoms with van der Waals surface area (Å²) in [5.41, 5.74) is -1.06. The molecule has 0 aliphatic heterocycles. The first-order valence-electron chi connectivity index (χ1n) is 11.4. The summed E-state index contributed by atoms with van der Waals surface area (Å²) >= 11 is 0. The fraction of sp³-hybridized carbons (Fsp3) is 0.955. The lowest BCUT2D eigenvalue weighted by molar-refractivity contribution is -0.146. The smallest absolute Gasteiger partial charge is 0.296 e. The molecule has 8 aliphatic carbocycles. The van der Waals surface area contributed by atoms with Gasteiger partial charge in [-0.15, -0.1) is 0 Å². The highest BCUT2D eigenvalue weighted by Crippen LogP contribution is 2.68. The predicted molar refractivity (Wildman–Crippen MR) is 102 cm³/mol. The van der Waals surface area contributed by atoms with Crippen molar-refractivity contribution in [1.29, 1.82) is 0 Å². The van der Waals surface area contributed by atoms with Crippen LogP contribution in [0.1, 0.15) is 84.0 Å². The molecule has 0 N–H and O–H groups in total. The molecule has 0 aromatic rings. The summed E-state index contributed by atoms with van der Waals surface area (Å²) in [5, 5.41) is 0. The number of hydrogen-bond donors (Lipinski definition) is 0. The van der Waals surface area contributed by atoms with Gasteiger partial charge in [-0.05, 0) is 113 Å². The molecule has 0 spiro atoms. The fourth-order valence-electron chi connectivity index (χ4n) is 8.94. The van der Waals surface area contributed by atoms with Crippen LogP contribution in [0.25, 0.3) is 0 Å². The maximum Gasteiger partial charge on any atom is 0.397 e. The van der Waals surface area contributed by atoms with Crippen LogP contribution >= 0.6 is 7.60 Å². The van der Waals surface area contributed by atoms with E-state index in [0.29, 0.717) is 35.5 Å². The summed E-state index contributed by atoms with van der Waals surface area (Å²) in [6.07, 6.45) is 13.8. The Morgan fingerprint density at radius 3 is 1.15 bits per heavy atom. The van der Waals surface area contributed by atoms with Gasteiger partial charge in [0.25, 0.3) is 0 Å². The molecule has 5 heteroatoms. The second-order valence-corrected chi connectivity index (χ2v) is 13.4. The van der Waals surface area contributed by atoms with E-state index < -0.39 is 7.60 Å². The zero-order valence-corrected chi connectivity index (χ0v) is 17.4. The Hall–Kier alpha value is -0.180. The summed E-state index contributed by atoms with van der Waals surface area (Å²) in [6, 6.07) is 0. The highest BCUT2D eigenvalue weighted by atomic mass is 31.2. The summed E-state index contributed by atoms with van der Waals surface area (Å²) in [7, 11) is -3.73. The maximum atomic E-state index is 13.9. The van der Waals surface area contributed by atoms with Gasteiger partial charge < -0.3 is 0 Å². The number of hydrogen-bond acceptors (Lipinski definition) is 4. The first-order chi connectivity index (χ1) is 12.8. The Labute approximate surface area is 162 Å². The van der Waals surface area contributed by atoms with Crippen LogP contribution in [0.15, 0.2) is 0 Å². The average Bonchev–Trinajstić information content (AvgIpc) is 2.50. The minimum atomic E-state index is -3.73. The highest BCUT2D eigenvalue weighted by Gasteiger charge is 2.59. The monoisotopic (exact) mass is 392 g/mol. The number of carbonyl (C=O) groups is 1. The molecule has 0 radical (unpaired) electrons. The zero-order valence-electron chi connectivity index (χ0n) is 16.5. The van der Waals surface area contributed by atoms with Crippen LogP contribution in [0, 0.1) is 35.5 Å². The molecular weight excluding hydrogens is 359 g/mol. The zero-order chi connectivity index (χ0) is 18.4. The van der Waals surface area contributed by atoms with E-state index in [1.54, 1.807) is 0 Å². The fourth-order valence-corrected chi connectivity index (χ4v) is 10.7. The molecule has 4 nitrogen and oxygen atoms in total. The lowest BCUT2D eigenvalue weighted by Crippen LogP contribution is -2.53. The van der Waals surface area contributed by atoms with Crippen LogP contribution in [0.2, 0.25) is 0 Å². The second-order valence-electron chi connectivity index (χ2n) is 11.4. The third-order valence-corrected chi connectivity index (χ3v) is 11.0. The van der Waals surface area contributed by atoms with Gasteiger partial charge in [-0.1, -0.05) is 0 Å². The van der Waals surface area contributed by atoms with Crippen LogP contribution in [0.5, 0.6) is 0 Å². The van der Waals surface area contributed by atoms with Crippen LogP contribution in [-0.4, -0.2) is 16.7 Å². The molecule has 0 aromatic carbocycles. The van der Waals surface area contributed by atoms with Crippen LogP contribution in [-0.2, 0) is 18.4 Å². The predicted octanol–water partition coefficient (Wildman–Crippen LogP) is 5.70. The SMILES string of the molecule is CC(=O)P(=O)(OC12CC3CC(CC(C3)C1)C2)OC12CC3CC(CC(C3)C1)C2. The molecule has 0 saturated heterocycles.